The van der Waals surface area contributed by atoms with Gasteiger partial charge in [-0.25, -0.2) is 0 Å². The fraction of sp³-hybridized carbons (Fsp3) is 0.179. The number of carbonyl (C=O) groups is 4. The Balaban J connectivity index is 1.65. The summed E-state index contributed by atoms with van der Waals surface area (Å²) < 4.78 is 10.8. The molecule has 2 aliphatic rings. The summed E-state index contributed by atoms with van der Waals surface area (Å²) in [7, 11) is 2.87. The van der Waals surface area contributed by atoms with E-state index in [-0.39, 0.29) is 27.3 Å². The SMILES string of the molecule is COc1ccccc1N1C(=O)C(C(c2ccccn2)C2C(=O)NC(=S)N(c3ccccc3OC)C2=O)C(=O)NC1=S. The van der Waals surface area contributed by atoms with Crippen molar-refractivity contribution in [3.63, 3.8) is 0 Å². The zero-order chi connectivity index (χ0) is 29.3. The molecular weight excluding hydrogens is 566 g/mol. The second-order valence-electron chi connectivity index (χ2n) is 9.02. The number of ether oxygens (including phenoxy) is 2. The summed E-state index contributed by atoms with van der Waals surface area (Å²) in [4.78, 5) is 62.0. The molecule has 2 N–H and O–H groups in total. The van der Waals surface area contributed by atoms with Crippen LogP contribution in [0.4, 0.5) is 11.4 Å². The van der Waals surface area contributed by atoms with E-state index >= 15 is 0 Å². The number of nitrogens with one attached hydrogen (secondary N) is 2. The molecule has 11 nitrogen and oxygen atoms in total. The van der Waals surface area contributed by atoms with Crippen LogP contribution in [-0.2, 0) is 19.2 Å². The Morgan fingerprint density at radius 2 is 1.15 bits per heavy atom. The van der Waals surface area contributed by atoms with E-state index in [9.17, 15) is 19.2 Å². The van der Waals surface area contributed by atoms with Crippen LogP contribution >= 0.6 is 24.4 Å². The summed E-state index contributed by atoms with van der Waals surface area (Å²) in [5, 5.41) is 4.78. The fourth-order valence-electron chi connectivity index (χ4n) is 5.01. The number of hydrogen-bond donors (Lipinski definition) is 2. The van der Waals surface area contributed by atoms with Gasteiger partial charge in [0.05, 0.1) is 25.6 Å². The lowest BCUT2D eigenvalue weighted by Gasteiger charge is -2.40. The third kappa shape index (κ3) is 4.89. The minimum Gasteiger partial charge on any atom is -0.495 e. The van der Waals surface area contributed by atoms with Crippen LogP contribution in [0.5, 0.6) is 11.5 Å². The molecule has 0 saturated carbocycles. The maximum atomic E-state index is 14.2. The van der Waals surface area contributed by atoms with Gasteiger partial charge in [0.2, 0.25) is 23.6 Å². The third-order valence-electron chi connectivity index (χ3n) is 6.80. The lowest BCUT2D eigenvalue weighted by atomic mass is 9.75. The van der Waals surface area contributed by atoms with Gasteiger partial charge in [0.15, 0.2) is 10.2 Å². The van der Waals surface area contributed by atoms with E-state index in [2.05, 4.69) is 15.6 Å². The smallest absolute Gasteiger partial charge is 0.246 e. The highest BCUT2D eigenvalue weighted by molar-refractivity contribution is 7.80. The molecule has 4 amide bonds. The average molecular weight is 590 g/mol. The Labute approximate surface area is 245 Å². The fourth-order valence-corrected chi connectivity index (χ4v) is 5.58. The molecule has 2 unspecified atom stereocenters. The molecule has 2 atom stereocenters. The van der Waals surface area contributed by atoms with E-state index in [4.69, 9.17) is 33.9 Å². The van der Waals surface area contributed by atoms with Crippen LogP contribution in [0.3, 0.4) is 0 Å². The summed E-state index contributed by atoms with van der Waals surface area (Å²) >= 11 is 10.7. The Morgan fingerprint density at radius 3 is 1.56 bits per heavy atom. The topological polar surface area (TPSA) is 130 Å². The van der Waals surface area contributed by atoms with Crippen LogP contribution in [0.2, 0.25) is 0 Å². The quantitative estimate of drug-likeness (QED) is 0.315. The van der Waals surface area contributed by atoms with Crippen molar-refractivity contribution in [1.82, 2.24) is 15.6 Å². The second-order valence-corrected chi connectivity index (χ2v) is 9.79. The van der Waals surface area contributed by atoms with E-state index in [1.165, 1.54) is 20.4 Å². The molecule has 0 aliphatic carbocycles. The minimum absolute atomic E-state index is 0.170. The van der Waals surface area contributed by atoms with Crippen molar-refractivity contribution in [2.75, 3.05) is 24.0 Å². The second kappa shape index (κ2) is 11.4. The Kier molecular flexibility index (Phi) is 7.72. The number of benzene rings is 2. The van der Waals surface area contributed by atoms with Gasteiger partial charge < -0.3 is 20.1 Å². The first kappa shape index (κ1) is 27.8. The maximum Gasteiger partial charge on any atom is 0.246 e. The predicted octanol–water partition coefficient (Wildman–Crippen LogP) is 2.31. The van der Waals surface area contributed by atoms with Crippen molar-refractivity contribution in [2.24, 2.45) is 11.8 Å². The number of amides is 4. The molecule has 1 aromatic heterocycles. The maximum absolute atomic E-state index is 14.2. The van der Waals surface area contributed by atoms with E-state index < -0.39 is 41.4 Å². The van der Waals surface area contributed by atoms with Crippen molar-refractivity contribution in [1.29, 1.82) is 0 Å². The van der Waals surface area contributed by atoms with Gasteiger partial charge in [-0.1, -0.05) is 30.3 Å². The minimum atomic E-state index is -1.58. The van der Waals surface area contributed by atoms with Gasteiger partial charge in [-0.15, -0.1) is 0 Å². The van der Waals surface area contributed by atoms with Gasteiger partial charge in [-0.05, 0) is 60.8 Å². The lowest BCUT2D eigenvalue weighted by molar-refractivity contribution is -0.139. The highest BCUT2D eigenvalue weighted by atomic mass is 32.1. The zero-order valence-corrected chi connectivity index (χ0v) is 23.4. The molecule has 5 rings (SSSR count). The van der Waals surface area contributed by atoms with Gasteiger partial charge in [0.25, 0.3) is 0 Å². The molecule has 3 heterocycles. The number of carbonyl (C=O) groups excluding carboxylic acids is 4. The molecule has 41 heavy (non-hydrogen) atoms. The van der Waals surface area contributed by atoms with Crippen molar-refractivity contribution < 1.29 is 28.7 Å². The van der Waals surface area contributed by atoms with Crippen LogP contribution in [0.15, 0.2) is 72.9 Å². The number of aromatic nitrogens is 1. The number of pyridine rings is 1. The normalized spacial score (nSPS) is 20.0. The van der Waals surface area contributed by atoms with Gasteiger partial charge in [0, 0.05) is 17.8 Å². The number of methoxy groups -OCH3 is 2. The monoisotopic (exact) mass is 589 g/mol. The highest BCUT2D eigenvalue weighted by Crippen LogP contribution is 2.41. The number of para-hydroxylation sites is 4. The van der Waals surface area contributed by atoms with Crippen LogP contribution in [0.25, 0.3) is 0 Å². The first-order valence-corrected chi connectivity index (χ1v) is 13.1. The first-order chi connectivity index (χ1) is 19.8. The molecule has 208 valence electrons. The molecule has 3 aromatic rings. The standard InChI is InChI=1S/C28H23N5O6S2/c1-38-18-12-5-3-10-16(18)32-25(36)21(23(34)30-27(32)40)20(15-9-7-8-14-29-15)22-24(35)31-28(41)33(26(22)37)17-11-4-6-13-19(17)39-2/h3-14,20-22H,1-2H3,(H,30,34,40)(H,31,35,41). The molecule has 2 aromatic carbocycles. The largest absolute Gasteiger partial charge is 0.495 e. The van der Waals surface area contributed by atoms with Gasteiger partial charge >= 0.3 is 0 Å². The zero-order valence-electron chi connectivity index (χ0n) is 21.8. The van der Waals surface area contributed by atoms with E-state index in [1.807, 2.05) is 0 Å². The van der Waals surface area contributed by atoms with Gasteiger partial charge in [0.1, 0.15) is 23.3 Å². The molecule has 0 radical (unpaired) electrons. The number of anilines is 2. The number of hydrogen-bond acceptors (Lipinski definition) is 9. The van der Waals surface area contributed by atoms with Gasteiger partial charge in [-0.2, -0.15) is 0 Å². The number of thiocarbonyl (C=S) groups is 2. The van der Waals surface area contributed by atoms with Crippen molar-refractivity contribution in [2.45, 2.75) is 5.92 Å². The van der Waals surface area contributed by atoms with Crippen molar-refractivity contribution >= 4 is 69.7 Å². The molecular formula is C28H23N5O6S2. The predicted molar refractivity (Wildman–Crippen MR) is 156 cm³/mol. The first-order valence-electron chi connectivity index (χ1n) is 12.3. The van der Waals surface area contributed by atoms with Crippen LogP contribution in [-0.4, -0.2) is 53.1 Å². The highest BCUT2D eigenvalue weighted by Gasteiger charge is 2.54. The van der Waals surface area contributed by atoms with Crippen molar-refractivity contribution in [3.8, 4) is 11.5 Å². The van der Waals surface area contributed by atoms with E-state index in [0.717, 1.165) is 9.80 Å². The van der Waals surface area contributed by atoms with Crippen LogP contribution in [0, 0.1) is 11.8 Å². The van der Waals surface area contributed by atoms with Crippen molar-refractivity contribution in [3.05, 3.63) is 78.6 Å². The summed E-state index contributed by atoms with van der Waals surface area (Å²) in [5.41, 5.74) is 0.743. The molecule has 2 aliphatic heterocycles. The third-order valence-corrected chi connectivity index (χ3v) is 7.37. The van der Waals surface area contributed by atoms with Crippen LogP contribution in [0.1, 0.15) is 11.6 Å². The summed E-state index contributed by atoms with van der Waals surface area (Å²) in [6, 6.07) is 18.1. The molecule has 13 heteroatoms. The summed E-state index contributed by atoms with van der Waals surface area (Å²) in [6.45, 7) is 0. The Morgan fingerprint density at radius 1 is 0.707 bits per heavy atom. The van der Waals surface area contributed by atoms with Gasteiger partial charge in [-0.3, -0.25) is 34.0 Å². The Bertz CT molecular complexity index is 1490. The van der Waals surface area contributed by atoms with E-state index in [0.29, 0.717) is 11.5 Å². The number of rotatable bonds is 7. The molecule has 0 bridgehead atoms. The molecule has 2 saturated heterocycles. The van der Waals surface area contributed by atoms with Crippen LogP contribution < -0.4 is 29.9 Å². The summed E-state index contributed by atoms with van der Waals surface area (Å²) in [6.07, 6.45) is 1.45. The lowest BCUT2D eigenvalue weighted by Crippen LogP contribution is -2.64. The summed E-state index contributed by atoms with van der Waals surface area (Å²) in [5.74, 6) is -6.90. The number of nitrogens with zero attached hydrogens (tertiary/aromatic N) is 3. The molecule has 2 fully saturated rings. The molecule has 0 spiro atoms. The average Bonchev–Trinajstić information content (AvgIpc) is 2.97. The Hall–Kier alpha value is -4.75. The van der Waals surface area contributed by atoms with E-state index in [1.54, 1.807) is 66.7 Å².